The summed E-state index contributed by atoms with van der Waals surface area (Å²) in [6.45, 7) is 7.69. The molecule has 2 unspecified atom stereocenters. The van der Waals surface area contributed by atoms with Gasteiger partial charge in [0, 0.05) is 31.0 Å². The third-order valence-electron chi connectivity index (χ3n) is 6.65. The van der Waals surface area contributed by atoms with E-state index in [-0.39, 0.29) is 0 Å². The maximum absolute atomic E-state index is 5.09. The van der Waals surface area contributed by atoms with Gasteiger partial charge in [0.15, 0.2) is 0 Å². The predicted molar refractivity (Wildman–Crippen MR) is 121 cm³/mol. The minimum atomic E-state index is 0.619. The summed E-state index contributed by atoms with van der Waals surface area (Å²) in [5.74, 6) is 1.55. The van der Waals surface area contributed by atoms with Gasteiger partial charge in [-0.1, -0.05) is 44.9 Å². The zero-order valence-electron chi connectivity index (χ0n) is 18.8. The average Bonchev–Trinajstić information content (AvgIpc) is 2.67. The molecule has 0 aromatic heterocycles. The van der Waals surface area contributed by atoms with Gasteiger partial charge in [0.25, 0.3) is 0 Å². The molecule has 2 aliphatic rings. The molecule has 0 radical (unpaired) electrons. The molecule has 2 N–H and O–H groups in total. The largest absolute Gasteiger partial charge is 0.385 e. The highest BCUT2D eigenvalue weighted by Crippen LogP contribution is 2.35. The van der Waals surface area contributed by atoms with E-state index >= 15 is 0 Å². The van der Waals surface area contributed by atoms with Crippen molar-refractivity contribution >= 4 is 5.71 Å². The Balaban J connectivity index is 1.49. The Morgan fingerprint density at radius 2 is 1.71 bits per heavy atom. The standard InChI is InChI=1S/C24H45N3O/c1-20-23-14-11-13-22(15-16-24(23)21(2)27-26-20)12-7-6-9-18-25-17-8-4-5-10-19-28-3/h22-23,25,27H,4-19H2,1-3H3. The van der Waals surface area contributed by atoms with E-state index in [4.69, 9.17) is 4.74 Å². The van der Waals surface area contributed by atoms with E-state index in [9.17, 15) is 0 Å². The number of nitrogens with one attached hydrogen (secondary N) is 2. The van der Waals surface area contributed by atoms with Crippen LogP contribution in [0.5, 0.6) is 0 Å². The van der Waals surface area contributed by atoms with Crippen molar-refractivity contribution in [3.63, 3.8) is 0 Å². The molecule has 1 saturated carbocycles. The number of hydrogen-bond acceptors (Lipinski definition) is 4. The van der Waals surface area contributed by atoms with Crippen LogP contribution in [0.2, 0.25) is 0 Å². The van der Waals surface area contributed by atoms with E-state index in [1.807, 2.05) is 0 Å². The van der Waals surface area contributed by atoms with Crippen molar-refractivity contribution in [2.75, 3.05) is 26.8 Å². The Kier molecular flexibility index (Phi) is 11.8. The van der Waals surface area contributed by atoms with E-state index in [2.05, 4.69) is 29.7 Å². The van der Waals surface area contributed by atoms with Crippen LogP contribution < -0.4 is 10.7 Å². The Labute approximate surface area is 174 Å². The molecule has 1 fully saturated rings. The minimum absolute atomic E-state index is 0.619. The van der Waals surface area contributed by atoms with Crippen LogP contribution in [0.4, 0.5) is 0 Å². The van der Waals surface area contributed by atoms with Crippen molar-refractivity contribution in [3.05, 3.63) is 11.3 Å². The Morgan fingerprint density at radius 1 is 0.964 bits per heavy atom. The first kappa shape index (κ1) is 23.4. The smallest absolute Gasteiger partial charge is 0.0462 e. The molecular weight excluding hydrogens is 346 g/mol. The summed E-state index contributed by atoms with van der Waals surface area (Å²) in [6.07, 6.45) is 17.4. The van der Waals surface area contributed by atoms with Crippen LogP contribution in [0.3, 0.4) is 0 Å². The molecule has 4 heteroatoms. The zero-order valence-corrected chi connectivity index (χ0v) is 18.8. The van der Waals surface area contributed by atoms with Crippen LogP contribution in [0, 0.1) is 11.8 Å². The second kappa shape index (κ2) is 14.2. The number of rotatable bonds is 13. The number of unbranched alkanes of at least 4 members (excludes halogenated alkanes) is 5. The first-order valence-corrected chi connectivity index (χ1v) is 11.9. The maximum atomic E-state index is 5.09. The number of hydrazone groups is 1. The monoisotopic (exact) mass is 391 g/mol. The molecule has 4 nitrogen and oxygen atoms in total. The summed E-state index contributed by atoms with van der Waals surface area (Å²) in [6, 6.07) is 0. The Bertz CT molecular complexity index is 486. The first-order chi connectivity index (χ1) is 13.7. The fraction of sp³-hybridized carbons (Fsp3) is 0.875. The summed E-state index contributed by atoms with van der Waals surface area (Å²) in [5.41, 5.74) is 7.50. The van der Waals surface area contributed by atoms with Crippen LogP contribution in [0.25, 0.3) is 0 Å². The number of fused-ring (bicyclic) bond motifs is 1. The molecule has 0 amide bonds. The van der Waals surface area contributed by atoms with Crippen LogP contribution in [-0.4, -0.2) is 32.5 Å². The van der Waals surface area contributed by atoms with Crippen molar-refractivity contribution in [2.24, 2.45) is 16.9 Å². The molecule has 0 bridgehead atoms. The second-order valence-electron chi connectivity index (χ2n) is 8.91. The van der Waals surface area contributed by atoms with Gasteiger partial charge in [-0.25, -0.2) is 0 Å². The molecule has 2 rings (SSSR count). The summed E-state index contributed by atoms with van der Waals surface area (Å²) in [7, 11) is 1.79. The molecule has 0 aromatic rings. The van der Waals surface area contributed by atoms with Crippen LogP contribution in [0.1, 0.15) is 97.3 Å². The van der Waals surface area contributed by atoms with E-state index in [0.29, 0.717) is 5.92 Å². The molecule has 0 aromatic carbocycles. The molecule has 1 heterocycles. The van der Waals surface area contributed by atoms with Crippen LogP contribution in [-0.2, 0) is 4.74 Å². The SMILES string of the molecule is COCCCCCCNCCCCCC1CCCC2C(C)=NNC(C)=C2CC1. The number of ether oxygens (including phenoxy) is 1. The number of nitrogens with zero attached hydrogens (tertiary/aromatic N) is 1. The molecule has 0 spiro atoms. The summed E-state index contributed by atoms with van der Waals surface area (Å²) < 4.78 is 5.09. The molecule has 2 atom stereocenters. The maximum Gasteiger partial charge on any atom is 0.0462 e. The quantitative estimate of drug-likeness (QED) is 0.390. The molecule has 0 saturated heterocycles. The van der Waals surface area contributed by atoms with Gasteiger partial charge < -0.3 is 10.1 Å². The van der Waals surface area contributed by atoms with Crippen LogP contribution in [0.15, 0.2) is 16.4 Å². The first-order valence-electron chi connectivity index (χ1n) is 11.9. The summed E-state index contributed by atoms with van der Waals surface area (Å²) >= 11 is 0. The van der Waals surface area contributed by atoms with Crippen molar-refractivity contribution < 1.29 is 4.74 Å². The Hall–Kier alpha value is -0.870. The zero-order chi connectivity index (χ0) is 20.0. The normalized spacial score (nSPS) is 22.9. The van der Waals surface area contributed by atoms with Crippen molar-refractivity contribution in [1.82, 2.24) is 10.7 Å². The van der Waals surface area contributed by atoms with Gasteiger partial charge in [0.05, 0.1) is 0 Å². The van der Waals surface area contributed by atoms with Gasteiger partial charge in [-0.15, -0.1) is 0 Å². The number of hydrogen-bond donors (Lipinski definition) is 2. The van der Waals surface area contributed by atoms with Crippen molar-refractivity contribution in [3.8, 4) is 0 Å². The molecular formula is C24H45N3O. The third-order valence-corrected chi connectivity index (χ3v) is 6.65. The lowest BCUT2D eigenvalue weighted by molar-refractivity contribution is 0.192. The minimum Gasteiger partial charge on any atom is -0.385 e. The number of methoxy groups -OCH3 is 1. The van der Waals surface area contributed by atoms with Crippen molar-refractivity contribution in [1.29, 1.82) is 0 Å². The topological polar surface area (TPSA) is 45.6 Å². The third kappa shape index (κ3) is 8.65. The van der Waals surface area contributed by atoms with Gasteiger partial charge in [-0.05, 0) is 77.0 Å². The van der Waals surface area contributed by atoms with Crippen molar-refractivity contribution in [2.45, 2.75) is 97.3 Å². The highest BCUT2D eigenvalue weighted by Gasteiger charge is 2.26. The van der Waals surface area contributed by atoms with E-state index in [0.717, 1.165) is 12.5 Å². The van der Waals surface area contributed by atoms with Gasteiger partial charge in [-0.3, -0.25) is 5.43 Å². The summed E-state index contributed by atoms with van der Waals surface area (Å²) in [4.78, 5) is 0. The molecule has 1 aliphatic heterocycles. The lowest BCUT2D eigenvalue weighted by Gasteiger charge is -2.31. The average molecular weight is 392 g/mol. The van der Waals surface area contributed by atoms with E-state index in [1.165, 1.54) is 108 Å². The van der Waals surface area contributed by atoms with Gasteiger partial charge in [0.1, 0.15) is 0 Å². The molecule has 162 valence electrons. The summed E-state index contributed by atoms with van der Waals surface area (Å²) in [5, 5.41) is 8.12. The highest BCUT2D eigenvalue weighted by molar-refractivity contribution is 5.87. The van der Waals surface area contributed by atoms with Crippen LogP contribution >= 0.6 is 0 Å². The molecule has 1 aliphatic carbocycles. The van der Waals surface area contributed by atoms with Gasteiger partial charge >= 0.3 is 0 Å². The van der Waals surface area contributed by atoms with E-state index in [1.54, 1.807) is 12.7 Å². The second-order valence-corrected chi connectivity index (χ2v) is 8.91. The van der Waals surface area contributed by atoms with Gasteiger partial charge in [-0.2, -0.15) is 5.10 Å². The lowest BCUT2D eigenvalue weighted by atomic mass is 9.78. The fourth-order valence-corrected chi connectivity index (χ4v) is 4.82. The number of allylic oxidation sites excluding steroid dienone is 2. The fourth-order valence-electron chi connectivity index (χ4n) is 4.82. The van der Waals surface area contributed by atoms with E-state index < -0.39 is 0 Å². The molecule has 28 heavy (non-hydrogen) atoms. The lowest BCUT2D eigenvalue weighted by Crippen LogP contribution is -2.27. The van der Waals surface area contributed by atoms with Gasteiger partial charge in [0.2, 0.25) is 0 Å². The highest BCUT2D eigenvalue weighted by atomic mass is 16.5. The predicted octanol–water partition coefficient (Wildman–Crippen LogP) is 5.79. The Morgan fingerprint density at radius 3 is 2.50 bits per heavy atom.